The Labute approximate surface area is 143 Å². The molecule has 0 saturated heterocycles. The van der Waals surface area contributed by atoms with Gasteiger partial charge in [-0.15, -0.1) is 0 Å². The highest BCUT2D eigenvalue weighted by Crippen LogP contribution is 2.45. The molecule has 4 rings (SSSR count). The molecule has 1 amide bonds. The smallest absolute Gasteiger partial charge is 0.308 e. The number of amides is 1. The van der Waals surface area contributed by atoms with Gasteiger partial charge < -0.3 is 5.32 Å². The van der Waals surface area contributed by atoms with Crippen molar-refractivity contribution in [1.29, 1.82) is 0 Å². The standard InChI is InChI=1S/C18H18F3N3O/c19-18(20,21)13-6-4-12(5-7-13)17(8-2-9-17)16(25)22-15-11-14-3-1-10-24(14)23-15/h4-7,11H,1-3,8-10H2,(H,22,23,25). The lowest BCUT2D eigenvalue weighted by atomic mass is 9.63. The molecule has 1 fully saturated rings. The highest BCUT2D eigenvalue weighted by molar-refractivity contribution is 5.99. The molecule has 1 aromatic carbocycles. The third-order valence-corrected chi connectivity index (χ3v) is 5.31. The van der Waals surface area contributed by atoms with E-state index >= 15 is 0 Å². The second-order valence-corrected chi connectivity index (χ2v) is 6.81. The Morgan fingerprint density at radius 2 is 1.88 bits per heavy atom. The quantitative estimate of drug-likeness (QED) is 0.913. The van der Waals surface area contributed by atoms with Gasteiger partial charge in [-0.1, -0.05) is 18.6 Å². The summed E-state index contributed by atoms with van der Waals surface area (Å²) in [5, 5.41) is 7.24. The number of fused-ring (bicyclic) bond motifs is 1. The van der Waals surface area contributed by atoms with Gasteiger partial charge >= 0.3 is 6.18 Å². The van der Waals surface area contributed by atoms with Gasteiger partial charge in [-0.2, -0.15) is 18.3 Å². The number of nitrogens with one attached hydrogen (secondary N) is 1. The predicted molar refractivity (Wildman–Crippen MR) is 86.2 cm³/mol. The van der Waals surface area contributed by atoms with E-state index in [-0.39, 0.29) is 5.91 Å². The van der Waals surface area contributed by atoms with Crippen LogP contribution in [0.2, 0.25) is 0 Å². The molecule has 132 valence electrons. The van der Waals surface area contributed by atoms with E-state index in [0.717, 1.165) is 43.6 Å². The number of hydrogen-bond donors (Lipinski definition) is 1. The third-order valence-electron chi connectivity index (χ3n) is 5.31. The first-order valence-electron chi connectivity index (χ1n) is 8.44. The molecule has 0 unspecified atom stereocenters. The molecule has 1 N–H and O–H groups in total. The molecule has 1 aliphatic carbocycles. The SMILES string of the molecule is O=C(Nc1cc2n(n1)CCC2)C1(c2ccc(C(F)(F)F)cc2)CCC1. The fourth-order valence-corrected chi connectivity index (χ4v) is 3.71. The minimum absolute atomic E-state index is 0.185. The lowest BCUT2D eigenvalue weighted by Crippen LogP contribution is -2.46. The second kappa shape index (κ2) is 5.61. The zero-order valence-electron chi connectivity index (χ0n) is 13.6. The van der Waals surface area contributed by atoms with Crippen LogP contribution in [0.25, 0.3) is 0 Å². The Kier molecular flexibility index (Phi) is 3.63. The van der Waals surface area contributed by atoms with Crippen LogP contribution in [0.15, 0.2) is 30.3 Å². The molecule has 25 heavy (non-hydrogen) atoms. The molecule has 0 bridgehead atoms. The van der Waals surface area contributed by atoms with Gasteiger partial charge in [0.25, 0.3) is 0 Å². The molecule has 4 nitrogen and oxygen atoms in total. The van der Waals surface area contributed by atoms with Crippen molar-refractivity contribution in [2.75, 3.05) is 5.32 Å². The maximum Gasteiger partial charge on any atom is 0.416 e. The summed E-state index contributed by atoms with van der Waals surface area (Å²) in [5.41, 5.74) is 0.290. The van der Waals surface area contributed by atoms with Crippen LogP contribution in [-0.4, -0.2) is 15.7 Å². The Morgan fingerprint density at radius 3 is 2.44 bits per heavy atom. The Hall–Kier alpha value is -2.31. The zero-order chi connectivity index (χ0) is 17.7. The molecule has 1 aliphatic heterocycles. The summed E-state index contributed by atoms with van der Waals surface area (Å²) in [6.07, 6.45) is -0.201. The molecule has 2 aromatic rings. The van der Waals surface area contributed by atoms with Crippen LogP contribution in [0.5, 0.6) is 0 Å². The number of hydrogen-bond acceptors (Lipinski definition) is 2. The molecule has 0 atom stereocenters. The third kappa shape index (κ3) is 2.71. The van der Waals surface area contributed by atoms with Crippen molar-refractivity contribution in [2.45, 2.75) is 50.2 Å². The van der Waals surface area contributed by atoms with E-state index in [1.807, 2.05) is 10.7 Å². The summed E-state index contributed by atoms with van der Waals surface area (Å²) in [4.78, 5) is 12.8. The van der Waals surface area contributed by atoms with E-state index in [1.54, 1.807) is 0 Å². The average Bonchev–Trinajstić information content (AvgIpc) is 3.07. The topological polar surface area (TPSA) is 46.9 Å². The first kappa shape index (κ1) is 16.2. The van der Waals surface area contributed by atoms with Crippen LogP contribution in [0.1, 0.15) is 42.5 Å². The fraction of sp³-hybridized carbons (Fsp3) is 0.444. The predicted octanol–water partition coefficient (Wildman–Crippen LogP) is 3.91. The van der Waals surface area contributed by atoms with Gasteiger partial charge in [0.1, 0.15) is 0 Å². The molecule has 2 heterocycles. The monoisotopic (exact) mass is 349 g/mol. The fourth-order valence-electron chi connectivity index (χ4n) is 3.71. The molecule has 7 heteroatoms. The molecular formula is C18H18F3N3O. The van der Waals surface area contributed by atoms with Gasteiger partial charge in [0.05, 0.1) is 11.0 Å². The minimum Gasteiger partial charge on any atom is -0.308 e. The summed E-state index contributed by atoms with van der Waals surface area (Å²) < 4.78 is 40.1. The number of anilines is 1. The van der Waals surface area contributed by atoms with Crippen LogP contribution >= 0.6 is 0 Å². The lowest BCUT2D eigenvalue weighted by Gasteiger charge is -2.40. The van der Waals surface area contributed by atoms with Gasteiger partial charge in [0.15, 0.2) is 5.82 Å². The maximum atomic E-state index is 12.8. The van der Waals surface area contributed by atoms with Crippen LogP contribution in [-0.2, 0) is 29.4 Å². The Morgan fingerprint density at radius 1 is 1.16 bits per heavy atom. The summed E-state index contributed by atoms with van der Waals surface area (Å²) in [6, 6.07) is 6.83. The van der Waals surface area contributed by atoms with Crippen LogP contribution < -0.4 is 5.32 Å². The van der Waals surface area contributed by atoms with Crippen molar-refractivity contribution in [3.63, 3.8) is 0 Å². The Bertz CT molecular complexity index is 782. The molecule has 2 aliphatic rings. The number of rotatable bonds is 3. The number of nitrogens with zero attached hydrogens (tertiary/aromatic N) is 2. The summed E-state index contributed by atoms with van der Waals surface area (Å²) in [6.45, 7) is 0.856. The average molecular weight is 349 g/mol. The number of aryl methyl sites for hydroxylation is 2. The number of halogens is 3. The summed E-state index contributed by atoms with van der Waals surface area (Å²) >= 11 is 0. The van der Waals surface area contributed by atoms with Gasteiger partial charge in [-0.3, -0.25) is 9.48 Å². The lowest BCUT2D eigenvalue weighted by molar-refractivity contribution is -0.137. The summed E-state index contributed by atoms with van der Waals surface area (Å²) in [7, 11) is 0. The van der Waals surface area contributed by atoms with Crippen LogP contribution in [0.3, 0.4) is 0 Å². The second-order valence-electron chi connectivity index (χ2n) is 6.81. The minimum atomic E-state index is -4.37. The highest BCUT2D eigenvalue weighted by Gasteiger charge is 2.46. The number of carbonyl (C=O) groups excluding carboxylic acids is 1. The van der Waals surface area contributed by atoms with E-state index in [0.29, 0.717) is 24.2 Å². The van der Waals surface area contributed by atoms with Crippen molar-refractivity contribution >= 4 is 11.7 Å². The van der Waals surface area contributed by atoms with Crippen LogP contribution in [0.4, 0.5) is 19.0 Å². The van der Waals surface area contributed by atoms with E-state index in [2.05, 4.69) is 10.4 Å². The van der Waals surface area contributed by atoms with Crippen LogP contribution in [0, 0.1) is 0 Å². The van der Waals surface area contributed by atoms with Crippen molar-refractivity contribution in [3.05, 3.63) is 47.2 Å². The van der Waals surface area contributed by atoms with Gasteiger partial charge in [0, 0.05) is 18.3 Å². The molecule has 0 radical (unpaired) electrons. The molecule has 1 saturated carbocycles. The zero-order valence-corrected chi connectivity index (χ0v) is 13.6. The molecule has 1 aromatic heterocycles. The maximum absolute atomic E-state index is 12.8. The number of carbonyl (C=O) groups is 1. The number of alkyl halides is 3. The van der Waals surface area contributed by atoms with Gasteiger partial charge in [-0.05, 0) is 43.4 Å². The Balaban J connectivity index is 1.56. The first-order chi connectivity index (χ1) is 11.9. The van der Waals surface area contributed by atoms with E-state index in [1.165, 1.54) is 12.1 Å². The van der Waals surface area contributed by atoms with E-state index < -0.39 is 17.2 Å². The summed E-state index contributed by atoms with van der Waals surface area (Å²) in [5.74, 6) is 0.341. The van der Waals surface area contributed by atoms with E-state index in [9.17, 15) is 18.0 Å². The normalized spacial score (nSPS) is 18.5. The first-order valence-corrected chi connectivity index (χ1v) is 8.44. The number of benzene rings is 1. The molecular weight excluding hydrogens is 331 g/mol. The largest absolute Gasteiger partial charge is 0.416 e. The van der Waals surface area contributed by atoms with Gasteiger partial charge in [0.2, 0.25) is 5.91 Å². The van der Waals surface area contributed by atoms with Crippen molar-refractivity contribution in [1.82, 2.24) is 9.78 Å². The van der Waals surface area contributed by atoms with Gasteiger partial charge in [-0.25, -0.2) is 0 Å². The van der Waals surface area contributed by atoms with Crippen molar-refractivity contribution in [2.24, 2.45) is 0 Å². The van der Waals surface area contributed by atoms with Crippen molar-refractivity contribution in [3.8, 4) is 0 Å². The number of aromatic nitrogens is 2. The molecule has 0 spiro atoms. The highest BCUT2D eigenvalue weighted by atomic mass is 19.4. The van der Waals surface area contributed by atoms with E-state index in [4.69, 9.17) is 0 Å². The van der Waals surface area contributed by atoms with Crippen molar-refractivity contribution < 1.29 is 18.0 Å².